The molecule has 21 heavy (non-hydrogen) atoms. The fourth-order valence-electron chi connectivity index (χ4n) is 3.63. The van der Waals surface area contributed by atoms with Crippen molar-refractivity contribution < 1.29 is 4.74 Å². The van der Waals surface area contributed by atoms with Crippen LogP contribution in [0, 0.1) is 11.8 Å². The minimum atomic E-state index is 0.376. The van der Waals surface area contributed by atoms with Crippen molar-refractivity contribution in [1.29, 1.82) is 0 Å². The van der Waals surface area contributed by atoms with Crippen LogP contribution in [0.25, 0.3) is 0 Å². The third-order valence-electron chi connectivity index (χ3n) is 4.77. The molecule has 0 amide bonds. The Hall–Kier alpha value is -1.03. The molecule has 0 radical (unpaired) electrons. The van der Waals surface area contributed by atoms with E-state index in [1.807, 2.05) is 6.20 Å². The first-order valence-electron chi connectivity index (χ1n) is 8.40. The predicted octanol–water partition coefficient (Wildman–Crippen LogP) is 3.60. The summed E-state index contributed by atoms with van der Waals surface area (Å²) in [6.45, 7) is 11.1. The second-order valence-electron chi connectivity index (χ2n) is 6.73. The van der Waals surface area contributed by atoms with Crippen molar-refractivity contribution in [3.63, 3.8) is 0 Å². The van der Waals surface area contributed by atoms with Crippen molar-refractivity contribution in [2.24, 2.45) is 11.8 Å². The van der Waals surface area contributed by atoms with Crippen LogP contribution in [-0.2, 0) is 0 Å². The highest BCUT2D eigenvalue weighted by atomic mass is 16.5. The number of methoxy groups -OCH3 is 1. The average molecular weight is 293 g/mol. The number of rotatable bonds is 6. The lowest BCUT2D eigenvalue weighted by Crippen LogP contribution is -2.33. The summed E-state index contributed by atoms with van der Waals surface area (Å²) in [6.07, 6.45) is 5.76. The van der Waals surface area contributed by atoms with Crippen LogP contribution in [0.3, 0.4) is 0 Å². The van der Waals surface area contributed by atoms with E-state index in [2.05, 4.69) is 42.8 Å². The predicted molar refractivity (Wildman–Crippen MR) is 87.0 cm³/mol. The number of nitrogens with one attached hydrogen (secondary N) is 1. The second-order valence-corrected chi connectivity index (χ2v) is 6.73. The Morgan fingerprint density at radius 2 is 2.19 bits per heavy atom. The van der Waals surface area contributed by atoms with E-state index < -0.39 is 0 Å². The molecule has 1 heterocycles. The summed E-state index contributed by atoms with van der Waals surface area (Å²) in [6, 6.07) is 0.376. The highest BCUT2D eigenvalue weighted by Gasteiger charge is 2.34. The molecule has 3 unspecified atom stereocenters. The van der Waals surface area contributed by atoms with Gasteiger partial charge in [0.15, 0.2) is 5.75 Å². The number of aromatic nitrogens is 2. The van der Waals surface area contributed by atoms with Gasteiger partial charge in [-0.15, -0.1) is 0 Å². The summed E-state index contributed by atoms with van der Waals surface area (Å²) in [7, 11) is 1.76. The minimum Gasteiger partial charge on any atom is -0.493 e. The van der Waals surface area contributed by atoms with E-state index in [9.17, 15) is 0 Å². The van der Waals surface area contributed by atoms with Gasteiger partial charge in [0.1, 0.15) is 0 Å². The number of nitrogens with zero attached hydrogens (tertiary/aromatic N) is 2. The van der Waals surface area contributed by atoms with Crippen molar-refractivity contribution in [3.05, 3.63) is 11.9 Å². The topological polar surface area (TPSA) is 39.1 Å². The Kier molecular flexibility index (Phi) is 5.68. The molecule has 120 valence electrons. The molecule has 1 saturated carbocycles. The molecule has 1 aliphatic carbocycles. The molecule has 4 heteroatoms. The van der Waals surface area contributed by atoms with Gasteiger partial charge in [-0.05, 0) is 51.6 Å². The maximum absolute atomic E-state index is 5.61. The fourth-order valence-corrected chi connectivity index (χ4v) is 3.63. The van der Waals surface area contributed by atoms with Crippen LogP contribution in [-0.4, -0.2) is 30.0 Å². The molecular formula is C17H31N3O. The van der Waals surface area contributed by atoms with Crippen LogP contribution in [0.15, 0.2) is 6.20 Å². The molecule has 4 nitrogen and oxygen atoms in total. The van der Waals surface area contributed by atoms with E-state index in [1.54, 1.807) is 7.11 Å². The molecular weight excluding hydrogens is 262 g/mol. The van der Waals surface area contributed by atoms with Crippen LogP contribution in [0.5, 0.6) is 5.75 Å². The Morgan fingerprint density at radius 1 is 1.43 bits per heavy atom. The summed E-state index contributed by atoms with van der Waals surface area (Å²) in [5.74, 6) is 2.98. The van der Waals surface area contributed by atoms with Gasteiger partial charge in [-0.1, -0.05) is 20.3 Å². The summed E-state index contributed by atoms with van der Waals surface area (Å²) >= 11 is 0. The standard InChI is InChI=1S/C17H31N3O/c1-6-18-10-14-8-7-13(4)9-15(14)17-16(21-5)11-19-20(17)12(2)3/h11-15,18H,6-10H2,1-5H3. The summed E-state index contributed by atoms with van der Waals surface area (Å²) < 4.78 is 7.78. The molecule has 1 N–H and O–H groups in total. The van der Waals surface area contributed by atoms with E-state index in [0.29, 0.717) is 17.9 Å². The van der Waals surface area contributed by atoms with Crippen molar-refractivity contribution in [2.75, 3.05) is 20.2 Å². The molecule has 1 aromatic rings. The van der Waals surface area contributed by atoms with Crippen LogP contribution in [0.1, 0.15) is 64.6 Å². The van der Waals surface area contributed by atoms with E-state index in [4.69, 9.17) is 4.74 Å². The third kappa shape index (κ3) is 3.60. The highest BCUT2D eigenvalue weighted by Crippen LogP contribution is 2.44. The Labute approximate surface area is 129 Å². The zero-order chi connectivity index (χ0) is 15.4. The van der Waals surface area contributed by atoms with Gasteiger partial charge >= 0.3 is 0 Å². The van der Waals surface area contributed by atoms with Gasteiger partial charge in [-0.3, -0.25) is 4.68 Å². The Balaban J connectivity index is 2.32. The zero-order valence-electron chi connectivity index (χ0n) is 14.2. The molecule has 1 aromatic heterocycles. The molecule has 0 aliphatic heterocycles. The molecule has 1 aliphatic rings. The first kappa shape index (κ1) is 16.3. The van der Waals surface area contributed by atoms with Crippen LogP contribution < -0.4 is 10.1 Å². The third-order valence-corrected chi connectivity index (χ3v) is 4.77. The fraction of sp³-hybridized carbons (Fsp3) is 0.824. The second kappa shape index (κ2) is 7.30. The van der Waals surface area contributed by atoms with Gasteiger partial charge in [0.05, 0.1) is 19.0 Å². The van der Waals surface area contributed by atoms with Crippen LogP contribution in [0.4, 0.5) is 0 Å². The molecule has 3 atom stereocenters. The van der Waals surface area contributed by atoms with Gasteiger partial charge in [-0.2, -0.15) is 5.10 Å². The van der Waals surface area contributed by atoms with Crippen molar-refractivity contribution in [1.82, 2.24) is 15.1 Å². The van der Waals surface area contributed by atoms with Gasteiger partial charge in [0.25, 0.3) is 0 Å². The number of ether oxygens (including phenoxy) is 1. The van der Waals surface area contributed by atoms with Gasteiger partial charge in [0.2, 0.25) is 0 Å². The van der Waals surface area contributed by atoms with Crippen LogP contribution in [0.2, 0.25) is 0 Å². The van der Waals surface area contributed by atoms with Gasteiger partial charge < -0.3 is 10.1 Å². The SMILES string of the molecule is CCNCC1CCC(C)CC1c1c(OC)cnn1C(C)C. The minimum absolute atomic E-state index is 0.376. The first-order chi connectivity index (χ1) is 10.1. The molecule has 0 saturated heterocycles. The van der Waals surface area contributed by atoms with Gasteiger partial charge in [-0.25, -0.2) is 0 Å². The van der Waals surface area contributed by atoms with Gasteiger partial charge in [0, 0.05) is 12.0 Å². The first-order valence-corrected chi connectivity index (χ1v) is 8.40. The van der Waals surface area contributed by atoms with Crippen LogP contribution >= 0.6 is 0 Å². The summed E-state index contributed by atoms with van der Waals surface area (Å²) in [5, 5.41) is 8.11. The monoisotopic (exact) mass is 293 g/mol. The van der Waals surface area contributed by atoms with E-state index >= 15 is 0 Å². The molecule has 0 bridgehead atoms. The maximum Gasteiger partial charge on any atom is 0.160 e. The van der Waals surface area contributed by atoms with Crippen molar-refractivity contribution >= 4 is 0 Å². The molecule has 0 spiro atoms. The number of hydrogen-bond acceptors (Lipinski definition) is 3. The average Bonchev–Trinajstić information content (AvgIpc) is 2.89. The molecule has 2 rings (SSSR count). The maximum atomic E-state index is 5.61. The van der Waals surface area contributed by atoms with Crippen molar-refractivity contribution in [2.45, 2.75) is 58.9 Å². The Bertz CT molecular complexity index is 439. The Morgan fingerprint density at radius 3 is 2.81 bits per heavy atom. The van der Waals surface area contributed by atoms with E-state index in [-0.39, 0.29) is 0 Å². The molecule has 1 fully saturated rings. The largest absolute Gasteiger partial charge is 0.493 e. The lowest BCUT2D eigenvalue weighted by Gasteiger charge is -2.36. The zero-order valence-corrected chi connectivity index (χ0v) is 14.2. The lowest BCUT2D eigenvalue weighted by molar-refractivity contribution is 0.227. The van der Waals surface area contributed by atoms with E-state index in [0.717, 1.165) is 24.8 Å². The summed E-state index contributed by atoms with van der Waals surface area (Å²) in [5.41, 5.74) is 1.31. The quantitative estimate of drug-likeness (QED) is 0.871. The highest BCUT2D eigenvalue weighted by molar-refractivity contribution is 5.30. The number of hydrogen-bond donors (Lipinski definition) is 1. The smallest absolute Gasteiger partial charge is 0.160 e. The summed E-state index contributed by atoms with van der Waals surface area (Å²) in [4.78, 5) is 0. The van der Waals surface area contributed by atoms with E-state index in [1.165, 1.54) is 25.0 Å². The lowest BCUT2D eigenvalue weighted by atomic mass is 9.73. The molecule has 0 aromatic carbocycles. The normalized spacial score (nSPS) is 26.3. The van der Waals surface area contributed by atoms with Crippen molar-refractivity contribution in [3.8, 4) is 5.75 Å².